The largest absolute Gasteiger partial charge is 0.366 e. The lowest BCUT2D eigenvalue weighted by atomic mass is 10.0. The van der Waals surface area contributed by atoms with Gasteiger partial charge in [-0.05, 0) is 19.1 Å². The molecule has 3 aromatic rings. The molecule has 1 amide bonds. The number of aliphatic imine (C=N–C) groups is 1. The number of amides is 1. The summed E-state index contributed by atoms with van der Waals surface area (Å²) in [4.78, 5) is 24.7. The molecule has 142 valence electrons. The monoisotopic (exact) mass is 393 g/mol. The molecular weight excluding hydrogens is 374 g/mol. The number of aromatic amines is 1. The summed E-state index contributed by atoms with van der Waals surface area (Å²) < 4.78 is 0. The number of benzene rings is 2. The van der Waals surface area contributed by atoms with Crippen LogP contribution in [0.3, 0.4) is 0 Å². The number of carbonyl (C=O) groups excluding carboxylic acids is 1. The minimum atomic E-state index is -1.29. The second kappa shape index (κ2) is 7.14. The van der Waals surface area contributed by atoms with Crippen LogP contribution in [0.2, 0.25) is 0 Å². The first-order valence-electron chi connectivity index (χ1n) is 8.68. The van der Waals surface area contributed by atoms with Crippen molar-refractivity contribution in [1.29, 1.82) is 0 Å². The number of thioether (sulfide) groups is 1. The van der Waals surface area contributed by atoms with Crippen LogP contribution in [0.15, 0.2) is 65.9 Å². The van der Waals surface area contributed by atoms with E-state index in [0.717, 1.165) is 16.8 Å². The Kier molecular flexibility index (Phi) is 4.66. The quantitative estimate of drug-likeness (QED) is 0.632. The van der Waals surface area contributed by atoms with Crippen molar-refractivity contribution in [3.63, 3.8) is 0 Å². The van der Waals surface area contributed by atoms with Gasteiger partial charge in [0, 0.05) is 11.3 Å². The molecule has 2 aromatic carbocycles. The van der Waals surface area contributed by atoms with Crippen LogP contribution in [-0.2, 0) is 5.72 Å². The Morgan fingerprint density at radius 3 is 2.64 bits per heavy atom. The Hall–Kier alpha value is -3.10. The number of hydrogen-bond acceptors (Lipinski definition) is 5. The Morgan fingerprint density at radius 2 is 1.96 bits per heavy atom. The third kappa shape index (κ3) is 3.17. The minimum absolute atomic E-state index is 0.131. The molecule has 28 heavy (non-hydrogen) atoms. The Morgan fingerprint density at radius 1 is 1.25 bits per heavy atom. The van der Waals surface area contributed by atoms with Crippen molar-refractivity contribution in [3.8, 4) is 0 Å². The standard InChI is InChI=1S/C20H19N5O2S/c1-13-7-9-14(10-8-13)20(27)11-28-19(25(20)15-5-3-2-4-6-15)24-18-16(17(21)26)22-12-23-18/h2-10,12,27H,11H2,1H3,(H2,21,26)(H,22,23)/b24-19-. The normalized spacial score (nSPS) is 20.6. The average Bonchev–Trinajstić information content (AvgIpc) is 3.28. The minimum Gasteiger partial charge on any atom is -0.366 e. The van der Waals surface area contributed by atoms with Gasteiger partial charge >= 0.3 is 0 Å². The number of nitrogens with two attached hydrogens (primary N) is 1. The van der Waals surface area contributed by atoms with Gasteiger partial charge < -0.3 is 15.8 Å². The van der Waals surface area contributed by atoms with Gasteiger partial charge in [-0.15, -0.1) is 0 Å². The predicted molar refractivity (Wildman–Crippen MR) is 111 cm³/mol. The summed E-state index contributed by atoms with van der Waals surface area (Å²) >= 11 is 1.39. The fourth-order valence-electron chi connectivity index (χ4n) is 3.11. The number of imidazole rings is 1. The first-order valence-corrected chi connectivity index (χ1v) is 9.67. The molecule has 2 heterocycles. The number of anilines is 1. The van der Waals surface area contributed by atoms with Gasteiger partial charge in [-0.25, -0.2) is 9.98 Å². The van der Waals surface area contributed by atoms with Gasteiger partial charge in [-0.1, -0.05) is 59.8 Å². The number of hydrogen-bond donors (Lipinski definition) is 3. The van der Waals surface area contributed by atoms with Gasteiger partial charge in [0.1, 0.15) is 0 Å². The van der Waals surface area contributed by atoms with Crippen molar-refractivity contribution >= 4 is 34.3 Å². The molecule has 4 rings (SSSR count). The molecule has 1 atom stereocenters. The zero-order chi connectivity index (χ0) is 19.7. The fraction of sp³-hybridized carbons (Fsp3) is 0.150. The molecule has 0 aliphatic carbocycles. The van der Waals surface area contributed by atoms with E-state index in [-0.39, 0.29) is 11.5 Å². The summed E-state index contributed by atoms with van der Waals surface area (Å²) in [6.45, 7) is 2.00. The van der Waals surface area contributed by atoms with Crippen LogP contribution in [0.4, 0.5) is 11.5 Å². The average molecular weight is 393 g/mol. The van der Waals surface area contributed by atoms with Crippen LogP contribution in [0, 0.1) is 6.92 Å². The number of aryl methyl sites for hydroxylation is 1. The SMILES string of the molecule is Cc1ccc(C2(O)CS/C(=N\c3nc[nH]c3C(N)=O)N2c2ccccc2)cc1. The number of nitrogens with one attached hydrogen (secondary N) is 1. The highest BCUT2D eigenvalue weighted by atomic mass is 32.2. The number of para-hydroxylation sites is 1. The first kappa shape index (κ1) is 18.3. The van der Waals surface area contributed by atoms with E-state index >= 15 is 0 Å². The summed E-state index contributed by atoms with van der Waals surface area (Å²) in [6.07, 6.45) is 1.37. The number of amidine groups is 1. The highest BCUT2D eigenvalue weighted by Gasteiger charge is 2.46. The van der Waals surface area contributed by atoms with Crippen molar-refractivity contribution in [2.75, 3.05) is 10.7 Å². The highest BCUT2D eigenvalue weighted by Crippen LogP contribution is 2.43. The van der Waals surface area contributed by atoms with E-state index in [1.54, 1.807) is 4.90 Å². The zero-order valence-electron chi connectivity index (χ0n) is 15.2. The van der Waals surface area contributed by atoms with Gasteiger partial charge in [0.15, 0.2) is 22.4 Å². The molecular formula is C20H19N5O2S. The van der Waals surface area contributed by atoms with Crippen molar-refractivity contribution < 1.29 is 9.90 Å². The molecule has 0 radical (unpaired) electrons. The topological polar surface area (TPSA) is 108 Å². The van der Waals surface area contributed by atoms with Crippen LogP contribution in [-0.4, -0.2) is 31.9 Å². The molecule has 1 aliphatic rings. The molecule has 1 aromatic heterocycles. The highest BCUT2D eigenvalue weighted by molar-refractivity contribution is 8.14. The summed E-state index contributed by atoms with van der Waals surface area (Å²) in [7, 11) is 0. The smallest absolute Gasteiger partial charge is 0.269 e. The van der Waals surface area contributed by atoms with Gasteiger partial charge in [0.2, 0.25) is 0 Å². The maximum Gasteiger partial charge on any atom is 0.269 e. The van der Waals surface area contributed by atoms with Crippen LogP contribution < -0.4 is 10.6 Å². The number of aromatic nitrogens is 2. The van der Waals surface area contributed by atoms with Crippen molar-refractivity contribution in [2.45, 2.75) is 12.6 Å². The third-order valence-electron chi connectivity index (χ3n) is 4.56. The van der Waals surface area contributed by atoms with Gasteiger partial charge in [-0.3, -0.25) is 9.69 Å². The van der Waals surface area contributed by atoms with E-state index in [0.29, 0.717) is 10.9 Å². The lowest BCUT2D eigenvalue weighted by Crippen LogP contribution is -2.45. The number of rotatable bonds is 4. The number of nitrogens with zero attached hydrogens (tertiary/aromatic N) is 3. The molecule has 1 aliphatic heterocycles. The Balaban J connectivity index is 1.84. The van der Waals surface area contributed by atoms with Gasteiger partial charge in [0.25, 0.3) is 5.91 Å². The van der Waals surface area contributed by atoms with Gasteiger partial charge in [-0.2, -0.15) is 0 Å². The first-order chi connectivity index (χ1) is 13.5. The summed E-state index contributed by atoms with van der Waals surface area (Å²) in [6, 6.07) is 17.3. The second-order valence-corrected chi connectivity index (χ2v) is 7.44. The van der Waals surface area contributed by atoms with E-state index in [1.165, 1.54) is 18.1 Å². The van der Waals surface area contributed by atoms with Crippen LogP contribution in [0.5, 0.6) is 0 Å². The summed E-state index contributed by atoms with van der Waals surface area (Å²) in [5.74, 6) is -0.0656. The van der Waals surface area contributed by atoms with E-state index in [1.807, 2.05) is 61.5 Å². The summed E-state index contributed by atoms with van der Waals surface area (Å²) in [5.41, 5.74) is 6.89. The van der Waals surface area contributed by atoms with E-state index in [2.05, 4.69) is 15.0 Å². The second-order valence-electron chi connectivity index (χ2n) is 6.50. The molecule has 1 unspecified atom stereocenters. The van der Waals surface area contributed by atoms with Crippen LogP contribution in [0.1, 0.15) is 21.6 Å². The predicted octanol–water partition coefficient (Wildman–Crippen LogP) is 2.90. The Labute approximate surface area is 166 Å². The fourth-order valence-corrected chi connectivity index (χ4v) is 4.28. The number of primary amides is 1. The van der Waals surface area contributed by atoms with Gasteiger partial charge in [0.05, 0.1) is 12.1 Å². The van der Waals surface area contributed by atoms with Crippen molar-refractivity contribution in [1.82, 2.24) is 9.97 Å². The Bertz CT molecular complexity index is 1030. The lowest BCUT2D eigenvalue weighted by molar-refractivity contribution is 0.0768. The molecule has 0 saturated carbocycles. The van der Waals surface area contributed by atoms with Crippen LogP contribution in [0.25, 0.3) is 0 Å². The van der Waals surface area contributed by atoms with Crippen LogP contribution >= 0.6 is 11.8 Å². The molecule has 8 heteroatoms. The zero-order valence-corrected chi connectivity index (χ0v) is 16.0. The molecule has 1 fully saturated rings. The molecule has 4 N–H and O–H groups in total. The van der Waals surface area contributed by atoms with Crippen molar-refractivity contribution in [3.05, 3.63) is 77.7 Å². The molecule has 0 bridgehead atoms. The van der Waals surface area contributed by atoms with E-state index in [9.17, 15) is 9.90 Å². The lowest BCUT2D eigenvalue weighted by Gasteiger charge is -2.34. The number of carbonyl (C=O) groups is 1. The number of aliphatic hydroxyl groups is 1. The van der Waals surface area contributed by atoms with E-state index in [4.69, 9.17) is 5.73 Å². The summed E-state index contributed by atoms with van der Waals surface area (Å²) in [5, 5.41) is 12.2. The molecule has 1 saturated heterocycles. The van der Waals surface area contributed by atoms with E-state index < -0.39 is 11.6 Å². The third-order valence-corrected chi connectivity index (χ3v) is 5.64. The maximum atomic E-state index is 11.6. The van der Waals surface area contributed by atoms with Crippen molar-refractivity contribution in [2.24, 2.45) is 10.7 Å². The maximum absolute atomic E-state index is 11.6. The molecule has 0 spiro atoms. The molecule has 7 nitrogen and oxygen atoms in total. The number of H-pyrrole nitrogens is 1.